The zero-order chi connectivity index (χ0) is 23.3. The van der Waals surface area contributed by atoms with Crippen molar-refractivity contribution in [2.24, 2.45) is 5.16 Å². The minimum absolute atomic E-state index is 0.148. The maximum atomic E-state index is 13.4. The largest absolute Gasteiger partial charge is 0.454 e. The Kier molecular flexibility index (Phi) is 6.74. The Morgan fingerprint density at radius 1 is 0.971 bits per heavy atom. The number of oxime groups is 1. The average molecular weight is 463 g/mol. The van der Waals surface area contributed by atoms with Crippen molar-refractivity contribution in [2.75, 3.05) is 19.9 Å². The van der Waals surface area contributed by atoms with Gasteiger partial charge in [0.05, 0.1) is 11.8 Å². The van der Waals surface area contributed by atoms with E-state index in [9.17, 15) is 9.50 Å². The van der Waals surface area contributed by atoms with E-state index in [-0.39, 0.29) is 18.7 Å². The molecular formula is C27H27FN2O4. The molecule has 1 N–H and O–H groups in total. The lowest BCUT2D eigenvalue weighted by molar-refractivity contribution is 0.0322. The maximum Gasteiger partial charge on any atom is 0.231 e. The van der Waals surface area contributed by atoms with E-state index in [1.54, 1.807) is 12.1 Å². The fourth-order valence-corrected chi connectivity index (χ4v) is 4.36. The molecule has 2 heterocycles. The summed E-state index contributed by atoms with van der Waals surface area (Å²) in [6, 6.07) is 22.2. The van der Waals surface area contributed by atoms with Gasteiger partial charge in [0.2, 0.25) is 6.79 Å². The molecule has 6 nitrogen and oxygen atoms in total. The third-order valence-electron chi connectivity index (χ3n) is 6.00. The van der Waals surface area contributed by atoms with E-state index < -0.39 is 6.10 Å². The van der Waals surface area contributed by atoms with Crippen molar-refractivity contribution in [1.82, 2.24) is 4.90 Å². The van der Waals surface area contributed by atoms with E-state index >= 15 is 0 Å². The summed E-state index contributed by atoms with van der Waals surface area (Å²) in [5.41, 5.74) is 3.86. The molecule has 3 aromatic rings. The predicted octanol–water partition coefficient (Wildman–Crippen LogP) is 4.15. The summed E-state index contributed by atoms with van der Waals surface area (Å²) in [4.78, 5) is 7.90. The molecule has 0 radical (unpaired) electrons. The van der Waals surface area contributed by atoms with Crippen molar-refractivity contribution >= 4 is 5.71 Å². The maximum absolute atomic E-state index is 13.4. The monoisotopic (exact) mass is 462 g/mol. The Bertz CT molecular complexity index is 1140. The first kappa shape index (κ1) is 22.4. The van der Waals surface area contributed by atoms with Gasteiger partial charge in [-0.3, -0.25) is 4.90 Å². The van der Waals surface area contributed by atoms with E-state index in [1.165, 1.54) is 12.1 Å². The molecule has 176 valence electrons. The second-order valence-corrected chi connectivity index (χ2v) is 8.70. The van der Waals surface area contributed by atoms with Crippen LogP contribution in [-0.2, 0) is 17.8 Å². The number of rotatable bonds is 9. The van der Waals surface area contributed by atoms with Gasteiger partial charge in [-0.2, -0.15) is 0 Å². The lowest BCUT2D eigenvalue weighted by atomic mass is 10.0. The highest BCUT2D eigenvalue weighted by Gasteiger charge is 2.27. The van der Waals surface area contributed by atoms with Gasteiger partial charge >= 0.3 is 0 Å². The van der Waals surface area contributed by atoms with Crippen LogP contribution in [0.4, 0.5) is 4.39 Å². The highest BCUT2D eigenvalue weighted by atomic mass is 19.1. The van der Waals surface area contributed by atoms with Crippen LogP contribution in [0.25, 0.3) is 0 Å². The molecule has 0 saturated carbocycles. The summed E-state index contributed by atoms with van der Waals surface area (Å²) in [6.45, 7) is 1.85. The normalized spacial score (nSPS) is 17.5. The van der Waals surface area contributed by atoms with Gasteiger partial charge in [-0.1, -0.05) is 47.6 Å². The summed E-state index contributed by atoms with van der Waals surface area (Å²) < 4.78 is 24.2. The molecule has 2 atom stereocenters. The molecule has 7 heteroatoms. The van der Waals surface area contributed by atoms with Crippen LogP contribution in [0.2, 0.25) is 0 Å². The number of aliphatic hydroxyl groups excluding tert-OH is 1. The zero-order valence-electron chi connectivity index (χ0n) is 18.8. The number of aliphatic hydroxyl groups is 1. The van der Waals surface area contributed by atoms with Crippen molar-refractivity contribution in [3.05, 3.63) is 95.3 Å². The fraction of sp³-hybridized carbons (Fsp3) is 0.296. The standard InChI is InChI=1S/C27H27FN2O4/c28-22-9-6-20(7-10-22)15-30(16-23(31)12-19-4-2-1-3-5-19)17-24-14-25(29-34-24)21-8-11-26-27(13-21)33-18-32-26/h1-11,13,23-24,31H,12,14-18H2. The molecular weight excluding hydrogens is 435 g/mol. The molecule has 0 aliphatic carbocycles. The SMILES string of the molecule is OC(Cc1ccccc1)CN(Cc1ccc(F)cc1)CC1CC(c2ccc3c(c2)OCO3)=NO1. The highest BCUT2D eigenvalue weighted by molar-refractivity contribution is 6.01. The van der Waals surface area contributed by atoms with Crippen LogP contribution >= 0.6 is 0 Å². The Morgan fingerprint density at radius 2 is 1.76 bits per heavy atom. The van der Waals surface area contributed by atoms with Gasteiger partial charge in [0, 0.05) is 31.6 Å². The van der Waals surface area contributed by atoms with Crippen molar-refractivity contribution < 1.29 is 23.8 Å². The quantitative estimate of drug-likeness (QED) is 0.518. The summed E-state index contributed by atoms with van der Waals surface area (Å²) >= 11 is 0. The summed E-state index contributed by atoms with van der Waals surface area (Å²) in [5.74, 6) is 1.18. The predicted molar refractivity (Wildman–Crippen MR) is 126 cm³/mol. The second kappa shape index (κ2) is 10.2. The number of hydrogen-bond donors (Lipinski definition) is 1. The van der Waals surface area contributed by atoms with E-state index in [0.717, 1.165) is 28.2 Å². The van der Waals surface area contributed by atoms with Crippen LogP contribution in [0.15, 0.2) is 78.0 Å². The van der Waals surface area contributed by atoms with Crippen LogP contribution in [-0.4, -0.2) is 47.8 Å². The molecule has 2 aliphatic heterocycles. The van der Waals surface area contributed by atoms with E-state index in [1.807, 2.05) is 48.5 Å². The number of hydrogen-bond acceptors (Lipinski definition) is 6. The molecule has 0 spiro atoms. The molecule has 0 bridgehead atoms. The molecule has 3 aromatic carbocycles. The molecule has 0 amide bonds. The first-order valence-corrected chi connectivity index (χ1v) is 11.4. The van der Waals surface area contributed by atoms with Crippen LogP contribution < -0.4 is 9.47 Å². The molecule has 0 aromatic heterocycles. The summed E-state index contributed by atoms with van der Waals surface area (Å²) in [6.07, 6.45) is 0.517. The third-order valence-corrected chi connectivity index (χ3v) is 6.00. The van der Waals surface area contributed by atoms with Gasteiger partial charge in [-0.15, -0.1) is 0 Å². The van der Waals surface area contributed by atoms with Crippen LogP contribution in [0.3, 0.4) is 0 Å². The number of halogens is 1. The third kappa shape index (κ3) is 5.55. The van der Waals surface area contributed by atoms with Crippen molar-refractivity contribution in [3.63, 3.8) is 0 Å². The zero-order valence-corrected chi connectivity index (χ0v) is 18.8. The fourth-order valence-electron chi connectivity index (χ4n) is 4.36. The first-order chi connectivity index (χ1) is 16.6. The van der Waals surface area contributed by atoms with Crippen molar-refractivity contribution in [1.29, 1.82) is 0 Å². The van der Waals surface area contributed by atoms with Gasteiger partial charge in [0.15, 0.2) is 11.5 Å². The Balaban J connectivity index is 1.24. The van der Waals surface area contributed by atoms with Crippen molar-refractivity contribution in [2.45, 2.75) is 31.6 Å². The number of fused-ring (bicyclic) bond motifs is 1. The molecule has 34 heavy (non-hydrogen) atoms. The number of nitrogens with zero attached hydrogens (tertiary/aromatic N) is 2. The number of benzene rings is 3. The molecule has 5 rings (SSSR count). The number of ether oxygens (including phenoxy) is 2. The van der Waals surface area contributed by atoms with Gasteiger partial charge < -0.3 is 19.4 Å². The van der Waals surface area contributed by atoms with E-state index in [4.69, 9.17) is 14.3 Å². The second-order valence-electron chi connectivity index (χ2n) is 8.70. The average Bonchev–Trinajstić information content (AvgIpc) is 3.50. The molecule has 0 fully saturated rings. The molecule has 2 unspecified atom stereocenters. The lowest BCUT2D eigenvalue weighted by Crippen LogP contribution is -2.38. The van der Waals surface area contributed by atoms with Crippen LogP contribution in [0.5, 0.6) is 11.5 Å². The minimum atomic E-state index is -0.543. The summed E-state index contributed by atoms with van der Waals surface area (Å²) in [7, 11) is 0. The topological polar surface area (TPSA) is 63.5 Å². The van der Waals surface area contributed by atoms with E-state index in [2.05, 4.69) is 10.1 Å². The molecule has 0 saturated heterocycles. The van der Waals surface area contributed by atoms with Crippen molar-refractivity contribution in [3.8, 4) is 11.5 Å². The smallest absolute Gasteiger partial charge is 0.231 e. The highest BCUT2D eigenvalue weighted by Crippen LogP contribution is 2.33. The first-order valence-electron chi connectivity index (χ1n) is 11.4. The Labute approximate surface area is 198 Å². The Hall–Kier alpha value is -3.42. The summed E-state index contributed by atoms with van der Waals surface area (Å²) in [5, 5.41) is 15.1. The lowest BCUT2D eigenvalue weighted by Gasteiger charge is -2.27. The minimum Gasteiger partial charge on any atom is -0.454 e. The van der Waals surface area contributed by atoms with Crippen LogP contribution in [0.1, 0.15) is 23.1 Å². The van der Waals surface area contributed by atoms with Gasteiger partial charge in [0.1, 0.15) is 11.9 Å². The molecule has 2 aliphatic rings. The van der Waals surface area contributed by atoms with Crippen LogP contribution in [0, 0.1) is 5.82 Å². The van der Waals surface area contributed by atoms with Gasteiger partial charge in [0.25, 0.3) is 0 Å². The Morgan fingerprint density at radius 3 is 2.59 bits per heavy atom. The van der Waals surface area contributed by atoms with Gasteiger partial charge in [-0.25, -0.2) is 4.39 Å². The van der Waals surface area contributed by atoms with Gasteiger partial charge in [-0.05, 0) is 47.9 Å². The van der Waals surface area contributed by atoms with E-state index in [0.29, 0.717) is 38.2 Å².